The normalized spacial score (nSPS) is 11.3. The minimum Gasteiger partial charge on any atom is -0.347 e. The highest BCUT2D eigenvalue weighted by atomic mass is 32.1. The topological polar surface area (TPSA) is 54.4 Å². The van der Waals surface area contributed by atoms with Crippen LogP contribution in [0.2, 0.25) is 0 Å². The summed E-state index contributed by atoms with van der Waals surface area (Å²) in [7, 11) is 0. The molecular formula is C16H25N3OS. The van der Waals surface area contributed by atoms with E-state index in [-0.39, 0.29) is 11.9 Å². The molecule has 0 aliphatic rings. The van der Waals surface area contributed by atoms with E-state index in [0.717, 1.165) is 36.3 Å². The van der Waals surface area contributed by atoms with Crippen molar-refractivity contribution in [3.05, 3.63) is 17.3 Å². The van der Waals surface area contributed by atoms with Crippen molar-refractivity contribution in [2.24, 2.45) is 4.99 Å². The molecule has 1 heterocycles. The Bertz CT molecular complexity index is 514. The van der Waals surface area contributed by atoms with Crippen LogP contribution in [-0.2, 0) is 0 Å². The van der Waals surface area contributed by atoms with Gasteiger partial charge in [-0.05, 0) is 32.3 Å². The van der Waals surface area contributed by atoms with Gasteiger partial charge in [-0.15, -0.1) is 0 Å². The summed E-state index contributed by atoms with van der Waals surface area (Å²) in [5.41, 5.74) is 1.54. The maximum atomic E-state index is 12.4. The fourth-order valence-corrected chi connectivity index (χ4v) is 3.07. The van der Waals surface area contributed by atoms with Crippen molar-refractivity contribution in [2.75, 3.05) is 0 Å². The Labute approximate surface area is 131 Å². The van der Waals surface area contributed by atoms with Gasteiger partial charge < -0.3 is 5.32 Å². The third-order valence-electron chi connectivity index (χ3n) is 3.06. The molecule has 1 amide bonds. The third kappa shape index (κ3) is 5.08. The van der Waals surface area contributed by atoms with Crippen LogP contribution < -0.4 is 5.32 Å². The molecule has 1 aromatic rings. The van der Waals surface area contributed by atoms with E-state index in [2.05, 4.69) is 35.7 Å². The van der Waals surface area contributed by atoms with Crippen molar-refractivity contribution in [1.29, 1.82) is 0 Å². The largest absolute Gasteiger partial charge is 0.347 e. The Morgan fingerprint density at radius 2 is 2.05 bits per heavy atom. The van der Waals surface area contributed by atoms with Crippen molar-refractivity contribution < 1.29 is 4.79 Å². The smallest absolute Gasteiger partial charge is 0.280 e. The maximum Gasteiger partial charge on any atom is 0.280 e. The fourth-order valence-electron chi connectivity index (χ4n) is 2.12. The Balaban J connectivity index is 2.91. The summed E-state index contributed by atoms with van der Waals surface area (Å²) in [5, 5.41) is 4.30. The summed E-state index contributed by atoms with van der Waals surface area (Å²) >= 11 is 1.32. The third-order valence-corrected chi connectivity index (χ3v) is 4.03. The zero-order chi connectivity index (χ0) is 15.8. The van der Waals surface area contributed by atoms with Crippen LogP contribution in [-0.4, -0.2) is 23.1 Å². The quantitative estimate of drug-likeness (QED) is 0.714. The average Bonchev–Trinajstić information content (AvgIpc) is 2.84. The summed E-state index contributed by atoms with van der Waals surface area (Å²) in [6.45, 7) is 11.9. The molecule has 1 aromatic heterocycles. The molecule has 1 rings (SSSR count). The number of nitrogens with zero attached hydrogens (tertiary/aromatic N) is 2. The van der Waals surface area contributed by atoms with Gasteiger partial charge in [-0.25, -0.2) is 9.98 Å². The molecule has 0 atom stereocenters. The maximum absolute atomic E-state index is 12.4. The molecular weight excluding hydrogens is 282 g/mol. The first-order chi connectivity index (χ1) is 10.0. The number of aromatic nitrogens is 1. The molecule has 116 valence electrons. The van der Waals surface area contributed by atoms with Crippen molar-refractivity contribution in [3.8, 4) is 0 Å². The number of nitrogens with one attached hydrogen (secondary N) is 1. The second-order valence-electron chi connectivity index (χ2n) is 5.09. The van der Waals surface area contributed by atoms with Crippen molar-refractivity contribution in [1.82, 2.24) is 10.3 Å². The SMILES string of the molecule is C=C(C)c1nc(C(=O)NC(CCC)CCC)sc1N=CC. The minimum absolute atomic E-state index is 0.105. The summed E-state index contributed by atoms with van der Waals surface area (Å²) in [6, 6.07) is 0.225. The van der Waals surface area contributed by atoms with E-state index < -0.39 is 0 Å². The molecule has 1 N–H and O–H groups in total. The molecule has 5 heteroatoms. The monoisotopic (exact) mass is 307 g/mol. The first kappa shape index (κ1) is 17.6. The molecule has 0 saturated heterocycles. The highest BCUT2D eigenvalue weighted by molar-refractivity contribution is 7.17. The van der Waals surface area contributed by atoms with Crippen LogP contribution in [0.1, 0.15) is 68.9 Å². The number of aliphatic imine (C=N–C) groups is 1. The van der Waals surface area contributed by atoms with Gasteiger partial charge in [0.05, 0.1) is 0 Å². The number of thiazole rings is 1. The number of hydrogen-bond acceptors (Lipinski definition) is 4. The number of rotatable bonds is 8. The lowest BCUT2D eigenvalue weighted by molar-refractivity contribution is 0.0932. The second-order valence-corrected chi connectivity index (χ2v) is 6.07. The van der Waals surface area contributed by atoms with Gasteiger partial charge in [0, 0.05) is 12.3 Å². The number of carbonyl (C=O) groups is 1. The molecule has 0 unspecified atom stereocenters. The molecule has 0 saturated carbocycles. The van der Waals surface area contributed by atoms with E-state index in [1.165, 1.54) is 11.3 Å². The molecule has 21 heavy (non-hydrogen) atoms. The Hall–Kier alpha value is -1.49. The lowest BCUT2D eigenvalue weighted by atomic mass is 10.1. The van der Waals surface area contributed by atoms with Crippen molar-refractivity contribution >= 4 is 34.0 Å². The second kappa shape index (κ2) is 8.72. The summed E-state index contributed by atoms with van der Waals surface area (Å²) in [6.07, 6.45) is 5.82. The summed E-state index contributed by atoms with van der Waals surface area (Å²) < 4.78 is 0. The van der Waals surface area contributed by atoms with Crippen LogP contribution in [0.25, 0.3) is 5.57 Å². The van der Waals surface area contributed by atoms with Gasteiger partial charge in [0.15, 0.2) is 5.01 Å². The van der Waals surface area contributed by atoms with Crippen LogP contribution in [0, 0.1) is 0 Å². The van der Waals surface area contributed by atoms with Gasteiger partial charge in [0.25, 0.3) is 5.91 Å². The van der Waals surface area contributed by atoms with Gasteiger partial charge in [0.2, 0.25) is 0 Å². The van der Waals surface area contributed by atoms with E-state index in [0.29, 0.717) is 10.7 Å². The summed E-state index contributed by atoms with van der Waals surface area (Å²) in [5.74, 6) is -0.105. The van der Waals surface area contributed by atoms with Crippen LogP contribution in [0.3, 0.4) is 0 Å². The lowest BCUT2D eigenvalue weighted by Gasteiger charge is -2.16. The summed E-state index contributed by atoms with van der Waals surface area (Å²) in [4.78, 5) is 21.0. The Kier molecular flexibility index (Phi) is 7.29. The molecule has 0 bridgehead atoms. The van der Waals surface area contributed by atoms with Gasteiger partial charge in [-0.1, -0.05) is 44.6 Å². The van der Waals surface area contributed by atoms with Gasteiger partial charge in [-0.3, -0.25) is 4.79 Å². The minimum atomic E-state index is -0.105. The predicted octanol–water partition coefficient (Wildman–Crippen LogP) is 4.60. The highest BCUT2D eigenvalue weighted by Gasteiger charge is 2.19. The van der Waals surface area contributed by atoms with Crippen LogP contribution in [0.4, 0.5) is 5.00 Å². The van der Waals surface area contributed by atoms with Crippen LogP contribution in [0.15, 0.2) is 11.6 Å². The van der Waals surface area contributed by atoms with E-state index in [1.807, 2.05) is 13.8 Å². The Morgan fingerprint density at radius 3 is 2.52 bits per heavy atom. The van der Waals surface area contributed by atoms with E-state index in [4.69, 9.17) is 0 Å². The van der Waals surface area contributed by atoms with Gasteiger partial charge >= 0.3 is 0 Å². The first-order valence-corrected chi connectivity index (χ1v) is 8.31. The van der Waals surface area contributed by atoms with E-state index in [9.17, 15) is 4.79 Å². The molecule has 4 nitrogen and oxygen atoms in total. The average molecular weight is 307 g/mol. The number of allylic oxidation sites excluding steroid dienone is 1. The molecule has 0 radical (unpaired) electrons. The fraction of sp³-hybridized carbons (Fsp3) is 0.562. The lowest BCUT2D eigenvalue weighted by Crippen LogP contribution is -2.34. The highest BCUT2D eigenvalue weighted by Crippen LogP contribution is 2.31. The van der Waals surface area contributed by atoms with E-state index in [1.54, 1.807) is 6.21 Å². The molecule has 0 aliphatic heterocycles. The molecule has 0 spiro atoms. The number of hydrogen-bond donors (Lipinski definition) is 1. The van der Waals surface area contributed by atoms with Crippen molar-refractivity contribution in [2.45, 2.75) is 59.4 Å². The van der Waals surface area contributed by atoms with Gasteiger partial charge in [-0.2, -0.15) is 0 Å². The zero-order valence-corrected chi connectivity index (χ0v) is 14.2. The molecule has 0 aliphatic carbocycles. The van der Waals surface area contributed by atoms with Crippen LogP contribution >= 0.6 is 11.3 Å². The van der Waals surface area contributed by atoms with E-state index >= 15 is 0 Å². The Morgan fingerprint density at radius 1 is 1.43 bits per heavy atom. The molecule has 0 fully saturated rings. The zero-order valence-electron chi connectivity index (χ0n) is 13.4. The number of carbonyl (C=O) groups excluding carboxylic acids is 1. The van der Waals surface area contributed by atoms with Crippen molar-refractivity contribution in [3.63, 3.8) is 0 Å². The standard InChI is InChI=1S/C16H25N3OS/c1-6-9-12(10-7-2)18-14(20)16-19-13(11(4)5)15(21-16)17-8-3/h8,12H,4,6-7,9-10H2,1-3,5H3,(H,18,20). The van der Waals surface area contributed by atoms with Gasteiger partial charge in [0.1, 0.15) is 10.7 Å². The predicted molar refractivity (Wildman–Crippen MR) is 91.7 cm³/mol. The first-order valence-electron chi connectivity index (χ1n) is 7.49. The van der Waals surface area contributed by atoms with Crippen LogP contribution in [0.5, 0.6) is 0 Å². The molecule has 0 aromatic carbocycles. The number of amides is 1.